The average Bonchev–Trinajstić information content (AvgIpc) is 2.30. The standard InChI is InChI=1S/C15H24FNO3S/c1-15(2,3)17-11-12-8-13(16)10-14(9-12)20-6-5-7-21(4,18)19/h8-10,17H,5-7,11H2,1-4H3. The summed E-state index contributed by atoms with van der Waals surface area (Å²) in [6.45, 7) is 6.91. The number of nitrogens with one attached hydrogen (secondary N) is 1. The van der Waals surface area contributed by atoms with E-state index < -0.39 is 9.84 Å². The van der Waals surface area contributed by atoms with E-state index in [1.165, 1.54) is 18.4 Å². The quantitative estimate of drug-likeness (QED) is 0.785. The first-order chi connectivity index (χ1) is 9.55. The molecule has 0 aliphatic rings. The second-order valence-electron chi connectivity index (χ2n) is 6.23. The Balaban J connectivity index is 2.57. The fourth-order valence-corrected chi connectivity index (χ4v) is 2.33. The first-order valence-electron chi connectivity index (χ1n) is 6.90. The van der Waals surface area contributed by atoms with E-state index >= 15 is 0 Å². The number of rotatable bonds is 7. The van der Waals surface area contributed by atoms with E-state index in [-0.39, 0.29) is 23.7 Å². The summed E-state index contributed by atoms with van der Waals surface area (Å²) in [6, 6.07) is 4.53. The van der Waals surface area contributed by atoms with Crippen LogP contribution in [0.15, 0.2) is 18.2 Å². The molecule has 0 radical (unpaired) electrons. The van der Waals surface area contributed by atoms with Crippen LogP contribution in [0.3, 0.4) is 0 Å². The Morgan fingerprint density at radius 2 is 1.90 bits per heavy atom. The lowest BCUT2D eigenvalue weighted by molar-refractivity contribution is 0.315. The fraction of sp³-hybridized carbons (Fsp3) is 0.600. The minimum atomic E-state index is -2.98. The van der Waals surface area contributed by atoms with Gasteiger partial charge >= 0.3 is 0 Å². The van der Waals surface area contributed by atoms with E-state index in [9.17, 15) is 12.8 Å². The molecular weight excluding hydrogens is 293 g/mol. The number of hydrogen-bond acceptors (Lipinski definition) is 4. The first kappa shape index (κ1) is 17.9. The molecule has 0 unspecified atom stereocenters. The topological polar surface area (TPSA) is 55.4 Å². The summed E-state index contributed by atoms with van der Waals surface area (Å²) < 4.78 is 41.0. The molecular formula is C15H24FNO3S. The van der Waals surface area contributed by atoms with Crippen LogP contribution in [0, 0.1) is 5.82 Å². The predicted octanol–water partition coefficient (Wildman–Crippen LogP) is 2.53. The van der Waals surface area contributed by atoms with E-state index in [0.717, 1.165) is 5.56 Å². The van der Waals surface area contributed by atoms with Crippen molar-refractivity contribution in [2.24, 2.45) is 0 Å². The Morgan fingerprint density at radius 3 is 2.48 bits per heavy atom. The predicted molar refractivity (Wildman–Crippen MR) is 82.8 cm³/mol. The van der Waals surface area contributed by atoms with Gasteiger partial charge in [0, 0.05) is 24.4 Å². The van der Waals surface area contributed by atoms with Crippen LogP contribution in [0.4, 0.5) is 4.39 Å². The molecule has 1 rings (SSSR count). The Morgan fingerprint density at radius 1 is 1.24 bits per heavy atom. The van der Waals surface area contributed by atoms with Gasteiger partial charge in [-0.05, 0) is 44.9 Å². The molecule has 1 aromatic carbocycles. The number of ether oxygens (including phenoxy) is 1. The van der Waals surface area contributed by atoms with Crippen LogP contribution in [-0.2, 0) is 16.4 Å². The smallest absolute Gasteiger partial charge is 0.147 e. The third kappa shape index (κ3) is 8.67. The maximum atomic E-state index is 13.5. The van der Waals surface area contributed by atoms with E-state index in [4.69, 9.17) is 4.74 Å². The molecule has 0 heterocycles. The highest BCUT2D eigenvalue weighted by atomic mass is 32.2. The zero-order valence-electron chi connectivity index (χ0n) is 13.1. The second kappa shape index (κ2) is 7.22. The largest absolute Gasteiger partial charge is 0.493 e. The summed E-state index contributed by atoms with van der Waals surface area (Å²) in [5.74, 6) is 0.135. The number of halogens is 1. The number of hydrogen-bond donors (Lipinski definition) is 1. The Hall–Kier alpha value is -1.14. The molecule has 6 heteroatoms. The molecule has 0 aliphatic heterocycles. The second-order valence-corrected chi connectivity index (χ2v) is 8.49. The van der Waals surface area contributed by atoms with Crippen LogP contribution in [0.5, 0.6) is 5.75 Å². The number of benzene rings is 1. The van der Waals surface area contributed by atoms with Crippen molar-refractivity contribution in [3.8, 4) is 5.75 Å². The van der Waals surface area contributed by atoms with Crippen LogP contribution >= 0.6 is 0 Å². The molecule has 4 nitrogen and oxygen atoms in total. The normalized spacial score (nSPS) is 12.4. The van der Waals surface area contributed by atoms with Crippen LogP contribution in [0.25, 0.3) is 0 Å². The highest BCUT2D eigenvalue weighted by Gasteiger charge is 2.10. The summed E-state index contributed by atoms with van der Waals surface area (Å²) in [5.41, 5.74) is 0.742. The molecule has 0 fully saturated rings. The molecule has 0 aromatic heterocycles. The van der Waals surface area contributed by atoms with Crippen LogP contribution < -0.4 is 10.1 Å². The van der Waals surface area contributed by atoms with Crippen molar-refractivity contribution in [3.05, 3.63) is 29.6 Å². The van der Waals surface area contributed by atoms with Crippen LogP contribution in [0.2, 0.25) is 0 Å². The Bertz CT molecular complexity index is 565. The summed E-state index contributed by atoms with van der Waals surface area (Å²) >= 11 is 0. The summed E-state index contributed by atoms with van der Waals surface area (Å²) in [7, 11) is -2.98. The van der Waals surface area contributed by atoms with Crippen molar-refractivity contribution in [2.45, 2.75) is 39.3 Å². The minimum absolute atomic E-state index is 0.0528. The van der Waals surface area contributed by atoms with Crippen molar-refractivity contribution in [1.29, 1.82) is 0 Å². The van der Waals surface area contributed by atoms with Gasteiger partial charge in [-0.3, -0.25) is 0 Å². The lowest BCUT2D eigenvalue weighted by Crippen LogP contribution is -2.35. The van der Waals surface area contributed by atoms with E-state index in [2.05, 4.69) is 5.32 Å². The van der Waals surface area contributed by atoms with Gasteiger partial charge < -0.3 is 10.1 Å². The van der Waals surface area contributed by atoms with Gasteiger partial charge in [0.05, 0.1) is 12.4 Å². The molecule has 120 valence electrons. The lowest BCUT2D eigenvalue weighted by Gasteiger charge is -2.20. The first-order valence-corrected chi connectivity index (χ1v) is 8.96. The molecule has 0 spiro atoms. The van der Waals surface area contributed by atoms with Crippen LogP contribution in [-0.4, -0.2) is 32.6 Å². The van der Waals surface area contributed by atoms with Gasteiger partial charge in [-0.1, -0.05) is 0 Å². The fourth-order valence-electron chi connectivity index (χ4n) is 1.68. The summed E-state index contributed by atoms with van der Waals surface area (Å²) in [4.78, 5) is 0. The monoisotopic (exact) mass is 317 g/mol. The third-order valence-electron chi connectivity index (χ3n) is 2.68. The van der Waals surface area contributed by atoms with Gasteiger partial charge in [-0.15, -0.1) is 0 Å². The maximum absolute atomic E-state index is 13.5. The molecule has 1 aromatic rings. The lowest BCUT2D eigenvalue weighted by atomic mass is 10.1. The van der Waals surface area contributed by atoms with E-state index in [1.807, 2.05) is 20.8 Å². The van der Waals surface area contributed by atoms with Crippen molar-refractivity contribution in [3.63, 3.8) is 0 Å². The van der Waals surface area contributed by atoms with Gasteiger partial charge in [0.2, 0.25) is 0 Å². The third-order valence-corrected chi connectivity index (χ3v) is 3.71. The molecule has 0 atom stereocenters. The van der Waals surface area contributed by atoms with Crippen molar-refractivity contribution >= 4 is 9.84 Å². The van der Waals surface area contributed by atoms with E-state index in [0.29, 0.717) is 18.7 Å². The van der Waals surface area contributed by atoms with Crippen molar-refractivity contribution < 1.29 is 17.5 Å². The van der Waals surface area contributed by atoms with Gasteiger partial charge in [0.1, 0.15) is 21.4 Å². The summed E-state index contributed by atoms with van der Waals surface area (Å²) in [5, 5.41) is 3.28. The minimum Gasteiger partial charge on any atom is -0.493 e. The Kier molecular flexibility index (Phi) is 6.16. The molecule has 0 saturated heterocycles. The van der Waals surface area contributed by atoms with Gasteiger partial charge in [-0.25, -0.2) is 12.8 Å². The zero-order chi connectivity index (χ0) is 16.1. The molecule has 1 N–H and O–H groups in total. The van der Waals surface area contributed by atoms with Crippen molar-refractivity contribution in [2.75, 3.05) is 18.6 Å². The maximum Gasteiger partial charge on any atom is 0.147 e. The Labute approximate surface area is 126 Å². The van der Waals surface area contributed by atoms with Crippen molar-refractivity contribution in [1.82, 2.24) is 5.32 Å². The van der Waals surface area contributed by atoms with Crippen LogP contribution in [0.1, 0.15) is 32.8 Å². The molecule has 0 bridgehead atoms. The van der Waals surface area contributed by atoms with Gasteiger partial charge in [0.25, 0.3) is 0 Å². The highest BCUT2D eigenvalue weighted by Crippen LogP contribution is 2.17. The molecule has 0 saturated carbocycles. The molecule has 21 heavy (non-hydrogen) atoms. The van der Waals surface area contributed by atoms with Gasteiger partial charge in [0.15, 0.2) is 0 Å². The molecule has 0 aliphatic carbocycles. The summed E-state index contributed by atoms with van der Waals surface area (Å²) in [6.07, 6.45) is 1.58. The highest BCUT2D eigenvalue weighted by molar-refractivity contribution is 7.90. The number of sulfone groups is 1. The van der Waals surface area contributed by atoms with E-state index in [1.54, 1.807) is 6.07 Å². The SMILES string of the molecule is CC(C)(C)NCc1cc(F)cc(OCCCS(C)(=O)=O)c1. The van der Waals surface area contributed by atoms with Gasteiger partial charge in [-0.2, -0.15) is 0 Å². The average molecular weight is 317 g/mol. The molecule has 0 amide bonds. The zero-order valence-corrected chi connectivity index (χ0v) is 13.9.